The second-order valence-corrected chi connectivity index (χ2v) is 8.26. The molecule has 1 heterocycles. The number of hydrogen-bond acceptors (Lipinski definition) is 4. The van der Waals surface area contributed by atoms with Gasteiger partial charge in [-0.15, -0.1) is 0 Å². The van der Waals surface area contributed by atoms with Crippen LogP contribution in [0.3, 0.4) is 0 Å². The Hall–Kier alpha value is -1.44. The molecule has 0 aliphatic carbocycles. The Balaban J connectivity index is 2.11. The number of nitrogens with zero attached hydrogens (tertiary/aromatic N) is 1. The fraction of sp³-hybridized carbons (Fsp3) is 0.353. The maximum absolute atomic E-state index is 12.7. The fourth-order valence-corrected chi connectivity index (χ4v) is 4.69. The van der Waals surface area contributed by atoms with Crippen LogP contribution < -0.4 is 9.46 Å². The number of aryl methyl sites for hydroxylation is 3. The summed E-state index contributed by atoms with van der Waals surface area (Å²) in [6, 6.07) is 6.88. The van der Waals surface area contributed by atoms with Crippen LogP contribution in [-0.4, -0.2) is 26.1 Å². The summed E-state index contributed by atoms with van der Waals surface area (Å²) < 4.78 is 34.3. The van der Waals surface area contributed by atoms with Gasteiger partial charge in [-0.1, -0.05) is 17.7 Å². The van der Waals surface area contributed by atoms with Crippen molar-refractivity contribution < 1.29 is 13.2 Å². The quantitative estimate of drug-likeness (QED) is 0.736. The summed E-state index contributed by atoms with van der Waals surface area (Å²) in [6.45, 7) is 7.53. The van der Waals surface area contributed by atoms with Gasteiger partial charge in [0.1, 0.15) is 11.2 Å². The molecule has 2 rings (SSSR count). The molecule has 1 aromatic carbocycles. The molecule has 0 saturated carbocycles. The smallest absolute Gasteiger partial charge is 0.241 e. The molecular formula is C17H21BrN2O3S. The molecule has 7 heteroatoms. The summed E-state index contributed by atoms with van der Waals surface area (Å²) in [6.07, 6.45) is 1.64. The van der Waals surface area contributed by atoms with Crippen LogP contribution in [0.4, 0.5) is 0 Å². The van der Waals surface area contributed by atoms with E-state index in [0.717, 1.165) is 16.7 Å². The third kappa shape index (κ3) is 4.55. The van der Waals surface area contributed by atoms with Crippen LogP contribution in [0.5, 0.6) is 5.75 Å². The lowest BCUT2D eigenvalue weighted by Crippen LogP contribution is -2.37. The van der Waals surface area contributed by atoms with E-state index in [0.29, 0.717) is 15.2 Å². The molecule has 1 atom stereocenters. The minimum absolute atomic E-state index is 0.202. The second-order valence-electron chi connectivity index (χ2n) is 5.85. The molecule has 1 aromatic heterocycles. The van der Waals surface area contributed by atoms with Crippen LogP contribution in [0.15, 0.2) is 40.0 Å². The summed E-state index contributed by atoms with van der Waals surface area (Å²) in [4.78, 5) is 4.40. The second kappa shape index (κ2) is 7.63. The molecule has 5 nitrogen and oxygen atoms in total. The van der Waals surface area contributed by atoms with Gasteiger partial charge in [0, 0.05) is 6.20 Å². The van der Waals surface area contributed by atoms with Crippen molar-refractivity contribution >= 4 is 26.0 Å². The number of rotatable bonds is 6. The number of aromatic nitrogens is 1. The molecule has 130 valence electrons. The van der Waals surface area contributed by atoms with Gasteiger partial charge in [0.05, 0.1) is 10.9 Å². The highest BCUT2D eigenvalue weighted by atomic mass is 79.9. The number of ether oxygens (including phenoxy) is 1. The molecule has 2 aromatic rings. The normalized spacial score (nSPS) is 12.9. The zero-order valence-electron chi connectivity index (χ0n) is 14.1. The van der Waals surface area contributed by atoms with Crippen molar-refractivity contribution in [2.24, 2.45) is 0 Å². The first kappa shape index (κ1) is 18.9. The van der Waals surface area contributed by atoms with Crippen molar-refractivity contribution in [2.75, 3.05) is 6.61 Å². The number of sulfonamides is 1. The molecule has 0 radical (unpaired) electrons. The SMILES string of the molecule is Cc1cc(C)c(S(=O)(=O)NC(C)COc2cccnc2Br)c(C)c1. The van der Waals surface area contributed by atoms with Gasteiger partial charge in [0.2, 0.25) is 10.0 Å². The summed E-state index contributed by atoms with van der Waals surface area (Å²) >= 11 is 3.30. The number of pyridine rings is 1. The van der Waals surface area contributed by atoms with Gasteiger partial charge in [0.25, 0.3) is 0 Å². The molecule has 0 amide bonds. The number of nitrogens with one attached hydrogen (secondary N) is 1. The number of benzene rings is 1. The Labute approximate surface area is 151 Å². The summed E-state index contributed by atoms with van der Waals surface area (Å²) in [5.74, 6) is 0.575. The molecule has 0 bridgehead atoms. The minimum atomic E-state index is -3.61. The average molecular weight is 413 g/mol. The zero-order chi connectivity index (χ0) is 17.9. The van der Waals surface area contributed by atoms with E-state index in [4.69, 9.17) is 4.74 Å². The van der Waals surface area contributed by atoms with E-state index in [1.807, 2.05) is 32.9 Å². The third-order valence-corrected chi connectivity index (χ3v) is 5.93. The van der Waals surface area contributed by atoms with Gasteiger partial charge < -0.3 is 4.74 Å². The topological polar surface area (TPSA) is 68.3 Å². The van der Waals surface area contributed by atoms with Crippen molar-refractivity contribution in [3.05, 3.63) is 51.8 Å². The van der Waals surface area contributed by atoms with Gasteiger partial charge in [-0.2, -0.15) is 0 Å². The fourth-order valence-electron chi connectivity index (χ4n) is 2.64. The highest BCUT2D eigenvalue weighted by Gasteiger charge is 2.22. The monoisotopic (exact) mass is 412 g/mol. The molecule has 1 unspecified atom stereocenters. The molecule has 0 spiro atoms. The van der Waals surface area contributed by atoms with Gasteiger partial charge in [0.15, 0.2) is 5.75 Å². The van der Waals surface area contributed by atoms with Crippen molar-refractivity contribution in [3.8, 4) is 5.75 Å². The largest absolute Gasteiger partial charge is 0.489 e. The predicted octanol–water partition coefficient (Wildman–Crippen LogP) is 3.52. The predicted molar refractivity (Wildman–Crippen MR) is 97.9 cm³/mol. The molecule has 0 aliphatic heterocycles. The van der Waals surface area contributed by atoms with E-state index in [9.17, 15) is 8.42 Å². The van der Waals surface area contributed by atoms with E-state index >= 15 is 0 Å². The van der Waals surface area contributed by atoms with E-state index < -0.39 is 10.0 Å². The molecule has 0 fully saturated rings. The maximum atomic E-state index is 12.7. The van der Waals surface area contributed by atoms with Gasteiger partial charge >= 0.3 is 0 Å². The van der Waals surface area contributed by atoms with Crippen LogP contribution in [-0.2, 0) is 10.0 Å². The first-order chi connectivity index (χ1) is 11.2. The van der Waals surface area contributed by atoms with E-state index in [1.165, 1.54) is 0 Å². The summed E-state index contributed by atoms with van der Waals surface area (Å²) in [7, 11) is -3.61. The van der Waals surface area contributed by atoms with Crippen LogP contribution in [0.2, 0.25) is 0 Å². The number of hydrogen-bond donors (Lipinski definition) is 1. The van der Waals surface area contributed by atoms with Gasteiger partial charge in [-0.3, -0.25) is 0 Å². The Bertz CT molecular complexity index is 814. The summed E-state index contributed by atoms with van der Waals surface area (Å²) in [5.41, 5.74) is 2.52. The zero-order valence-corrected chi connectivity index (χ0v) is 16.5. The lowest BCUT2D eigenvalue weighted by atomic mass is 10.1. The molecule has 0 saturated heterocycles. The van der Waals surface area contributed by atoms with Gasteiger partial charge in [-0.25, -0.2) is 18.1 Å². The lowest BCUT2D eigenvalue weighted by Gasteiger charge is -2.18. The van der Waals surface area contributed by atoms with Crippen molar-refractivity contribution in [3.63, 3.8) is 0 Å². The van der Waals surface area contributed by atoms with Crippen molar-refractivity contribution in [1.29, 1.82) is 0 Å². The van der Waals surface area contributed by atoms with Crippen LogP contribution in [0.1, 0.15) is 23.6 Å². The Morgan fingerprint density at radius 2 is 1.88 bits per heavy atom. The van der Waals surface area contributed by atoms with Crippen LogP contribution >= 0.6 is 15.9 Å². The first-order valence-corrected chi connectivity index (χ1v) is 9.82. The Kier molecular flexibility index (Phi) is 6.01. The van der Waals surface area contributed by atoms with Crippen LogP contribution in [0, 0.1) is 20.8 Å². The van der Waals surface area contributed by atoms with E-state index in [-0.39, 0.29) is 12.6 Å². The summed E-state index contributed by atoms with van der Waals surface area (Å²) in [5, 5.41) is 0. The van der Waals surface area contributed by atoms with E-state index in [2.05, 4.69) is 25.6 Å². The molecule has 0 aliphatic rings. The van der Waals surface area contributed by atoms with E-state index in [1.54, 1.807) is 25.3 Å². The number of halogens is 1. The van der Waals surface area contributed by atoms with Gasteiger partial charge in [-0.05, 0) is 66.9 Å². The Morgan fingerprint density at radius 1 is 1.25 bits per heavy atom. The minimum Gasteiger partial charge on any atom is -0.489 e. The molecule has 24 heavy (non-hydrogen) atoms. The molecular weight excluding hydrogens is 392 g/mol. The van der Waals surface area contributed by atoms with Crippen molar-refractivity contribution in [2.45, 2.75) is 38.6 Å². The lowest BCUT2D eigenvalue weighted by molar-refractivity contribution is 0.284. The van der Waals surface area contributed by atoms with Crippen LogP contribution in [0.25, 0.3) is 0 Å². The molecule has 1 N–H and O–H groups in total. The maximum Gasteiger partial charge on any atom is 0.241 e. The third-order valence-electron chi connectivity index (χ3n) is 3.44. The standard InChI is InChI=1S/C17H21BrN2O3S/c1-11-8-12(2)16(13(3)9-11)24(21,22)20-14(4)10-23-15-6-5-7-19-17(15)18/h5-9,14,20H,10H2,1-4H3. The van der Waals surface area contributed by atoms with Crippen molar-refractivity contribution in [1.82, 2.24) is 9.71 Å². The Morgan fingerprint density at radius 3 is 2.46 bits per heavy atom. The first-order valence-electron chi connectivity index (χ1n) is 7.54. The highest BCUT2D eigenvalue weighted by molar-refractivity contribution is 9.10. The average Bonchev–Trinajstić information content (AvgIpc) is 2.44. The highest BCUT2D eigenvalue weighted by Crippen LogP contribution is 2.23.